The minimum absolute atomic E-state index is 0. The van der Waals surface area contributed by atoms with Crippen LogP contribution in [0.3, 0.4) is 0 Å². The Balaban J connectivity index is 0.00000736. The Morgan fingerprint density at radius 3 is 1.54 bits per heavy atom. The summed E-state index contributed by atoms with van der Waals surface area (Å²) in [6.07, 6.45) is 1.77. The van der Waals surface area contributed by atoms with Gasteiger partial charge in [0.05, 0.1) is 11.1 Å². The molecule has 0 N–H and O–H groups in total. The molecular formula is C68H45F10N4OPt-3. The maximum Gasteiger partial charge on any atom is 0.200 e. The summed E-state index contributed by atoms with van der Waals surface area (Å²) >= 11 is 0. The van der Waals surface area contributed by atoms with E-state index in [1.54, 1.807) is 57.3 Å². The number of ether oxygens (including phenoxy) is 1. The van der Waals surface area contributed by atoms with Crippen LogP contribution in [0.5, 0.6) is 11.5 Å². The van der Waals surface area contributed by atoms with Crippen molar-refractivity contribution in [3.8, 4) is 61.8 Å². The number of fused-ring (bicyclic) bond motifs is 4. The van der Waals surface area contributed by atoms with E-state index in [9.17, 15) is 8.78 Å². The molecule has 5 nitrogen and oxygen atoms in total. The zero-order valence-corrected chi connectivity index (χ0v) is 47.7. The van der Waals surface area contributed by atoms with E-state index in [1.165, 1.54) is 23.7 Å². The third kappa shape index (κ3) is 9.65. The average molecular weight is 1320 g/mol. The molecule has 12 rings (SSSR count). The molecule has 84 heavy (non-hydrogen) atoms. The summed E-state index contributed by atoms with van der Waals surface area (Å²) in [6.45, 7) is 12.3. The van der Waals surface area contributed by atoms with Gasteiger partial charge in [0.15, 0.2) is 46.5 Å². The van der Waals surface area contributed by atoms with Crippen molar-refractivity contribution in [2.24, 2.45) is 0 Å². The first-order chi connectivity index (χ1) is 39.6. The van der Waals surface area contributed by atoms with Crippen molar-refractivity contribution in [2.45, 2.75) is 52.4 Å². The predicted molar refractivity (Wildman–Crippen MR) is 303 cm³/mol. The Hall–Kier alpha value is -8.68. The van der Waals surface area contributed by atoms with Crippen molar-refractivity contribution in [1.82, 2.24) is 9.55 Å². The molecule has 0 aliphatic carbocycles. The molecule has 3 heterocycles. The number of pyridine rings is 1. The van der Waals surface area contributed by atoms with Gasteiger partial charge >= 0.3 is 0 Å². The molecule has 0 radical (unpaired) electrons. The van der Waals surface area contributed by atoms with E-state index < -0.39 is 91.5 Å². The number of hydrogen-bond acceptors (Lipinski definition) is 4. The van der Waals surface area contributed by atoms with Crippen molar-refractivity contribution < 1.29 is 69.7 Å². The van der Waals surface area contributed by atoms with E-state index in [4.69, 9.17) is 9.72 Å². The van der Waals surface area contributed by atoms with Crippen molar-refractivity contribution in [2.75, 3.05) is 9.80 Å². The molecule has 2 aromatic heterocycles. The monoisotopic (exact) mass is 1320 g/mol. The van der Waals surface area contributed by atoms with E-state index in [1.807, 2.05) is 102 Å². The third-order valence-electron chi connectivity index (χ3n) is 14.8. The summed E-state index contributed by atoms with van der Waals surface area (Å²) in [5, 5.41) is 1.80. The molecule has 0 bridgehead atoms. The van der Waals surface area contributed by atoms with Gasteiger partial charge in [-0.2, -0.15) is 6.07 Å². The van der Waals surface area contributed by atoms with Crippen LogP contribution < -0.4 is 14.5 Å². The van der Waals surface area contributed by atoms with E-state index >= 15 is 35.1 Å². The number of hydrogen-bond donors (Lipinski definition) is 0. The summed E-state index contributed by atoms with van der Waals surface area (Å²) in [5.74, 6) is -22.7. The quantitative estimate of drug-likeness (QED) is 0.0624. The zero-order chi connectivity index (χ0) is 58.6. The molecule has 0 unspecified atom stereocenters. The second-order valence-electron chi connectivity index (χ2n) is 22.1. The van der Waals surface area contributed by atoms with Crippen molar-refractivity contribution in [3.63, 3.8) is 0 Å². The molecule has 0 saturated heterocycles. The summed E-state index contributed by atoms with van der Waals surface area (Å²) in [7, 11) is 0. The van der Waals surface area contributed by atoms with Crippen molar-refractivity contribution in [1.29, 1.82) is 0 Å². The van der Waals surface area contributed by atoms with Gasteiger partial charge in [-0.3, -0.25) is 0 Å². The average Bonchev–Trinajstić information content (AvgIpc) is 3.98. The predicted octanol–water partition coefficient (Wildman–Crippen LogP) is 19.6. The maximum atomic E-state index is 16.5. The first kappa shape index (κ1) is 57.1. The number of anilines is 4. The van der Waals surface area contributed by atoms with Crippen LogP contribution in [0.4, 0.5) is 66.7 Å². The molecule has 0 saturated carbocycles. The number of aromatic nitrogens is 2. The van der Waals surface area contributed by atoms with Gasteiger partial charge in [0.25, 0.3) is 0 Å². The van der Waals surface area contributed by atoms with Crippen LogP contribution in [-0.2, 0) is 31.9 Å². The Morgan fingerprint density at radius 2 is 0.952 bits per heavy atom. The molecule has 9 aromatic carbocycles. The van der Waals surface area contributed by atoms with Crippen LogP contribution in [0, 0.1) is 77.0 Å². The summed E-state index contributed by atoms with van der Waals surface area (Å²) in [4.78, 5) is 7.46. The second kappa shape index (κ2) is 21.5. The molecule has 0 spiro atoms. The van der Waals surface area contributed by atoms with Crippen LogP contribution in [0.1, 0.15) is 52.7 Å². The molecule has 16 heteroatoms. The minimum Gasteiger partial charge on any atom is -0.509 e. The summed E-state index contributed by atoms with van der Waals surface area (Å²) in [6, 6.07) is 51.4. The number of halogens is 10. The van der Waals surface area contributed by atoms with Crippen LogP contribution in [0.25, 0.3) is 72.1 Å². The van der Waals surface area contributed by atoms with E-state index in [0.717, 1.165) is 50.0 Å². The largest absolute Gasteiger partial charge is 0.509 e. The van der Waals surface area contributed by atoms with Crippen LogP contribution in [-0.4, -0.2) is 9.55 Å². The third-order valence-corrected chi connectivity index (χ3v) is 14.8. The first-order valence-electron chi connectivity index (χ1n) is 26.2. The van der Waals surface area contributed by atoms with Gasteiger partial charge in [-0.25, -0.2) is 48.9 Å². The van der Waals surface area contributed by atoms with Crippen molar-refractivity contribution in [3.05, 3.63) is 246 Å². The van der Waals surface area contributed by atoms with Gasteiger partial charge in [0.2, 0.25) is 11.6 Å². The van der Waals surface area contributed by atoms with E-state index in [-0.39, 0.29) is 60.6 Å². The Kier molecular flexibility index (Phi) is 14.6. The van der Waals surface area contributed by atoms with Crippen molar-refractivity contribution >= 4 is 44.6 Å². The topological polar surface area (TPSA) is 33.5 Å². The van der Waals surface area contributed by atoms with Gasteiger partial charge < -0.3 is 19.1 Å². The summed E-state index contributed by atoms with van der Waals surface area (Å²) in [5.41, 5.74) is -0.864. The van der Waals surface area contributed by atoms with Crippen LogP contribution in [0.15, 0.2) is 158 Å². The fourth-order valence-electron chi connectivity index (χ4n) is 10.6. The molecule has 0 fully saturated rings. The van der Waals surface area contributed by atoms with Crippen LogP contribution in [0.2, 0.25) is 0 Å². The van der Waals surface area contributed by atoms with E-state index in [0.29, 0.717) is 22.5 Å². The Labute approximate surface area is 491 Å². The standard InChI is InChI=1S/C68H45F10N4O.Pt/c1-67(2,3)38-26-27-79-53(32-38)82-49-21-13-12-20-45(49)46-25-24-41(34-52(46)82)83-42-29-37(44-19-11-10-18-43(44)36-16-8-7-9-17-36)28-40(33-42)80-35-81(51-23-15-14-22-50(51)80)66-47(54-56(69)60(73)64(77)61(74)57(54)70)30-39(68(4,5)6)31-48(66)55-58(71)62(75)65(78)63(76)59(55)72;/h7-32,35H,1-6H3;/q-3;. The molecule has 0 amide bonds. The van der Waals surface area contributed by atoms with Crippen LogP contribution >= 0.6 is 0 Å². The zero-order valence-electron chi connectivity index (χ0n) is 45.4. The number of benzene rings is 9. The van der Waals surface area contributed by atoms with Gasteiger partial charge in [-0.15, -0.1) is 53.6 Å². The SMILES string of the molecule is CC(C)(C)c1ccnc(-n2c3[c-]c(Oc4[c-]c(N5[CH-]N(c6c(-c7c(F)c(F)c(F)c(F)c7F)cc(C(C)(C)C)cc6-c6c(F)c(F)c(F)c(F)c6F)c6ccccc65)cc(-c5ccccc5-c5ccccc5)c4)ccc3c3ccccc32)c1.[Pt]. The van der Waals surface area contributed by atoms with Gasteiger partial charge in [-0.05, 0) is 86.5 Å². The van der Waals surface area contributed by atoms with Gasteiger partial charge in [-0.1, -0.05) is 132 Å². The minimum atomic E-state index is -2.49. The fourth-order valence-corrected chi connectivity index (χ4v) is 10.6. The first-order valence-corrected chi connectivity index (χ1v) is 26.2. The molecule has 426 valence electrons. The van der Waals surface area contributed by atoms with E-state index in [2.05, 4.69) is 32.9 Å². The maximum absolute atomic E-state index is 16.5. The normalized spacial score (nSPS) is 12.6. The molecule has 11 aromatic rings. The molecule has 1 aliphatic rings. The second-order valence-corrected chi connectivity index (χ2v) is 22.1. The molecule has 0 atom stereocenters. The molecular weight excluding hydrogens is 1270 g/mol. The fraction of sp³-hybridized carbons (Fsp3) is 0.118. The smallest absolute Gasteiger partial charge is 0.200 e. The summed E-state index contributed by atoms with van der Waals surface area (Å²) < 4.78 is 166. The molecule has 1 aliphatic heterocycles. The number of para-hydroxylation sites is 3. The number of rotatable bonds is 9. The Morgan fingerprint density at radius 1 is 0.440 bits per heavy atom. The Bertz CT molecular complexity index is 4310. The number of nitrogens with zero attached hydrogens (tertiary/aromatic N) is 4. The van der Waals surface area contributed by atoms with Gasteiger partial charge in [0, 0.05) is 72.5 Å². The van der Waals surface area contributed by atoms with Gasteiger partial charge in [0.1, 0.15) is 5.82 Å².